The summed E-state index contributed by atoms with van der Waals surface area (Å²) in [5, 5.41) is 7.42. The van der Waals surface area contributed by atoms with Crippen LogP contribution in [0, 0.1) is 0 Å². The van der Waals surface area contributed by atoms with Crippen LogP contribution in [-0.2, 0) is 44.8 Å². The van der Waals surface area contributed by atoms with Gasteiger partial charge in [0.15, 0.2) is 0 Å². The zero-order valence-corrected chi connectivity index (χ0v) is 27.5. The monoisotopic (exact) mass is 998 g/mol. The normalized spacial score (nSPS) is 6.75. The van der Waals surface area contributed by atoms with Crippen LogP contribution in [0.2, 0.25) is 0 Å². The summed E-state index contributed by atoms with van der Waals surface area (Å²) in [5.74, 6) is -0.833. The van der Waals surface area contributed by atoms with E-state index < -0.39 is 17.1 Å². The summed E-state index contributed by atoms with van der Waals surface area (Å²) in [5.41, 5.74) is 0. The van der Waals surface area contributed by atoms with Crippen LogP contribution >= 0.6 is 93.1 Å². The first-order chi connectivity index (χ1) is 8.21. The summed E-state index contributed by atoms with van der Waals surface area (Å²) in [6, 6.07) is 0. The van der Waals surface area contributed by atoms with Gasteiger partial charge in [-0.05, 0) is 13.8 Å². The Morgan fingerprint density at radius 3 is 1.00 bits per heavy atom. The molecule has 0 saturated carbocycles. The van der Waals surface area contributed by atoms with Crippen LogP contribution in [0.15, 0.2) is 12.2 Å². The first kappa shape index (κ1) is 44.2. The molecule has 0 unspecified atom stereocenters. The Balaban J connectivity index is -0.0000000207. The molecule has 0 fully saturated rings. The van der Waals surface area contributed by atoms with Crippen LogP contribution in [0.4, 0.5) is 0 Å². The number of hydrogen-bond acceptors (Lipinski definition) is 1. The molecule has 5 N–H and O–H groups in total. The maximum absolute atomic E-state index is 9.00. The topological polar surface area (TPSA) is 100 Å². The molecule has 0 aliphatic rings. The van der Waals surface area contributed by atoms with Crippen molar-refractivity contribution >= 4 is 99.0 Å². The Bertz CT molecular complexity index is 144. The molecule has 0 amide bonds. The maximum atomic E-state index is 9.00. The van der Waals surface area contributed by atoms with Gasteiger partial charge in [-0.25, -0.2) is 0 Å². The number of aliphatic carboxylic acids is 1. The second kappa shape index (κ2) is 56.6. The van der Waals surface area contributed by atoms with Crippen molar-refractivity contribution in [2.24, 2.45) is 0 Å². The average Bonchev–Trinajstić information content (AvgIpc) is 2.18. The molecule has 0 heterocycles. The van der Waals surface area contributed by atoms with Gasteiger partial charge >= 0.3 is 133 Å². The van der Waals surface area contributed by atoms with E-state index in [4.69, 9.17) is 9.90 Å². The van der Waals surface area contributed by atoms with Crippen molar-refractivity contribution in [3.8, 4) is 0 Å². The third-order valence-electron chi connectivity index (χ3n) is 0.333. The van der Waals surface area contributed by atoms with Crippen LogP contribution in [0.25, 0.3) is 0 Å². The quantitative estimate of drug-likeness (QED) is 0.241. The molecular formula is C6H16Br7Mo3O4. The van der Waals surface area contributed by atoms with E-state index in [-0.39, 0.29) is 39.9 Å². The fourth-order valence-electron chi connectivity index (χ4n) is 0. The molecule has 0 spiro atoms. The molecule has 0 rings (SSSR count). The number of carboxylic acid groups (broad SMARTS) is 1. The van der Waals surface area contributed by atoms with Gasteiger partial charge in [0.25, 0.3) is 5.97 Å². The number of carboxylic acids is 1. The van der Waals surface area contributed by atoms with Gasteiger partial charge in [0.1, 0.15) is 0 Å². The summed E-state index contributed by atoms with van der Waals surface area (Å²) in [6.45, 7) is 5.08. The van der Waals surface area contributed by atoms with Gasteiger partial charge in [0, 0.05) is 6.92 Å². The fraction of sp³-hybridized carbons (Fsp3) is 0.500. The zero-order chi connectivity index (χ0) is 16.0. The van der Waals surface area contributed by atoms with E-state index in [1.54, 1.807) is 0 Å². The van der Waals surface area contributed by atoms with Crippen molar-refractivity contribution < 1.29 is 60.9 Å². The molecule has 20 heavy (non-hydrogen) atoms. The SMILES string of the molecule is C/C=C/C.CC(=O)O.O.O.[Br][Mo]([Br])[Br].[Br][Mo][Br].[Br][Mo][Br]. The van der Waals surface area contributed by atoms with Gasteiger partial charge in [0.05, 0.1) is 0 Å². The van der Waals surface area contributed by atoms with Gasteiger partial charge in [-0.15, -0.1) is 0 Å². The molecule has 0 saturated heterocycles. The van der Waals surface area contributed by atoms with Gasteiger partial charge in [-0.1, -0.05) is 12.2 Å². The molecule has 0 aromatic heterocycles. The summed E-state index contributed by atoms with van der Waals surface area (Å²) < 4.78 is 0. The van der Waals surface area contributed by atoms with E-state index in [9.17, 15) is 0 Å². The number of halogens is 7. The summed E-state index contributed by atoms with van der Waals surface area (Å²) >= 11 is 21.9. The molecule has 4 nitrogen and oxygen atoms in total. The number of allylic oxidation sites excluding steroid dienone is 2. The first-order valence-corrected chi connectivity index (χ1v) is 35.6. The Hall–Kier alpha value is 4.55. The minimum atomic E-state index is -0.919. The van der Waals surface area contributed by atoms with E-state index in [1.165, 1.54) is 0 Å². The zero-order valence-electron chi connectivity index (χ0n) is 10.4. The van der Waals surface area contributed by atoms with Crippen molar-refractivity contribution in [1.29, 1.82) is 0 Å². The molecule has 0 atom stereocenters. The Labute approximate surface area is 189 Å². The van der Waals surface area contributed by atoms with Gasteiger partial charge < -0.3 is 16.1 Å². The van der Waals surface area contributed by atoms with Crippen LogP contribution in [0.5, 0.6) is 0 Å². The van der Waals surface area contributed by atoms with Crippen molar-refractivity contribution in [3.05, 3.63) is 12.2 Å². The van der Waals surface area contributed by atoms with Crippen molar-refractivity contribution in [1.82, 2.24) is 0 Å². The molecule has 0 bridgehead atoms. The molecule has 0 radical (unpaired) electrons. The molecule has 0 aromatic carbocycles. The first-order valence-electron chi connectivity index (χ1n) is 3.50. The third kappa shape index (κ3) is 340. The molecule has 14 heteroatoms. The van der Waals surface area contributed by atoms with Crippen molar-refractivity contribution in [2.45, 2.75) is 20.8 Å². The Morgan fingerprint density at radius 1 is 0.950 bits per heavy atom. The van der Waals surface area contributed by atoms with Crippen molar-refractivity contribution in [3.63, 3.8) is 0 Å². The van der Waals surface area contributed by atoms with Gasteiger partial charge in [-0.2, -0.15) is 0 Å². The van der Waals surface area contributed by atoms with E-state index in [1.807, 2.05) is 26.0 Å². The molecule has 0 aromatic rings. The second-order valence-electron chi connectivity index (χ2n) is 1.48. The predicted molar refractivity (Wildman–Crippen MR) is 104 cm³/mol. The summed E-state index contributed by atoms with van der Waals surface area (Å²) in [7, 11) is 0. The van der Waals surface area contributed by atoms with Crippen LogP contribution in [0.3, 0.4) is 0 Å². The van der Waals surface area contributed by atoms with Crippen molar-refractivity contribution in [2.75, 3.05) is 0 Å². The van der Waals surface area contributed by atoms with Crippen LogP contribution < -0.4 is 0 Å². The van der Waals surface area contributed by atoms with E-state index in [0.717, 1.165) is 6.92 Å². The Morgan fingerprint density at radius 2 is 1.00 bits per heavy atom. The molecule has 0 aliphatic heterocycles. The number of carbonyl (C=O) groups is 1. The van der Waals surface area contributed by atoms with E-state index in [2.05, 4.69) is 93.1 Å². The molecular weight excluding hydrogens is 983 g/mol. The van der Waals surface area contributed by atoms with Gasteiger partial charge in [0.2, 0.25) is 0 Å². The van der Waals surface area contributed by atoms with Crippen LogP contribution in [0.1, 0.15) is 20.8 Å². The molecule has 0 aliphatic carbocycles. The van der Waals surface area contributed by atoms with Crippen LogP contribution in [-0.4, -0.2) is 22.0 Å². The minimum absolute atomic E-state index is 0. The van der Waals surface area contributed by atoms with Gasteiger partial charge in [-0.3, -0.25) is 4.79 Å². The number of hydrogen-bond donors (Lipinski definition) is 1. The summed E-state index contributed by atoms with van der Waals surface area (Å²) in [6.07, 6.45) is 4.00. The summed E-state index contributed by atoms with van der Waals surface area (Å²) in [4.78, 5) is 9.00. The van der Waals surface area contributed by atoms with E-state index >= 15 is 0 Å². The third-order valence-corrected chi connectivity index (χ3v) is 0.333. The standard InChI is InChI=1S/C4H8.C2H4O2.7BrH.3Mo.2H2O/c1-3-4-2;1-2(3)4;;;;;;;;;;;;/h3-4H,1-2H3;1H3,(H,3,4);7*1H;;;;2*1H2/q;;;;;;;;;2*+2;+3;;/p-7/b4-3+;;;;;;;;;;;;;. The second-order valence-corrected chi connectivity index (χ2v) is 47.8. The number of rotatable bonds is 0. The molecule has 131 valence electrons. The Kier molecular flexibility index (Phi) is 125. The predicted octanol–water partition coefficient (Wildman–Crippen LogP) is 5.94. The fourth-order valence-corrected chi connectivity index (χ4v) is 0. The van der Waals surface area contributed by atoms with E-state index in [0.29, 0.717) is 0 Å². The average molecular weight is 999 g/mol.